The van der Waals surface area contributed by atoms with Crippen LogP contribution in [0.3, 0.4) is 0 Å². The van der Waals surface area contributed by atoms with Gasteiger partial charge in [0.1, 0.15) is 0 Å². The van der Waals surface area contributed by atoms with E-state index in [-0.39, 0.29) is 6.42 Å². The van der Waals surface area contributed by atoms with Gasteiger partial charge in [0.2, 0.25) is 0 Å². The van der Waals surface area contributed by atoms with Crippen molar-refractivity contribution in [2.24, 2.45) is 5.41 Å². The molecule has 0 aliphatic carbocycles. The zero-order valence-corrected chi connectivity index (χ0v) is 14.9. The number of esters is 2. The van der Waals surface area contributed by atoms with Crippen LogP contribution in [0.15, 0.2) is 0 Å². The first-order chi connectivity index (χ1) is 12.7. The van der Waals surface area contributed by atoms with Crippen LogP contribution in [0.1, 0.15) is 27.2 Å². The molecule has 0 bridgehead atoms. The van der Waals surface area contributed by atoms with Crippen LogP contribution in [-0.2, 0) is 19.1 Å². The van der Waals surface area contributed by atoms with Crippen molar-refractivity contribution in [3.05, 3.63) is 0 Å². The molecule has 0 rings (SSSR count). The summed E-state index contributed by atoms with van der Waals surface area (Å²) in [6.45, 7) is 2.30. The Morgan fingerprint density at radius 3 is 1.72 bits per heavy atom. The fraction of sp³-hybridized carbons (Fsp3) is 0.857. The standard InChI is InChI=1S/C14H16F10O5/c1-4-10(2,3)9(26)28-5-6(25)29-7(13(19,20)21)12(17,18)11(27,8(15)16)14(22,23)24/h7-8,27H,4-5H2,1-3H3. The Balaban J connectivity index is 5.79. The number of hydrogen-bond acceptors (Lipinski definition) is 5. The van der Waals surface area contributed by atoms with Gasteiger partial charge in [-0.1, -0.05) is 6.92 Å². The number of rotatable bonds is 8. The van der Waals surface area contributed by atoms with Crippen molar-refractivity contribution in [1.29, 1.82) is 0 Å². The van der Waals surface area contributed by atoms with Gasteiger partial charge in [0.05, 0.1) is 5.41 Å². The first kappa shape index (κ1) is 27.2. The summed E-state index contributed by atoms with van der Waals surface area (Å²) in [5.41, 5.74) is -7.76. The smallest absolute Gasteiger partial charge is 0.431 e. The Labute approximate surface area is 156 Å². The summed E-state index contributed by atoms with van der Waals surface area (Å²) in [6.07, 6.45) is -23.9. The fourth-order valence-electron chi connectivity index (χ4n) is 1.63. The van der Waals surface area contributed by atoms with Crippen LogP contribution in [0, 0.1) is 5.41 Å². The van der Waals surface area contributed by atoms with E-state index < -0.39 is 60.4 Å². The molecule has 0 aromatic carbocycles. The van der Waals surface area contributed by atoms with Crippen LogP contribution >= 0.6 is 0 Å². The van der Waals surface area contributed by atoms with E-state index in [9.17, 15) is 53.5 Å². The minimum Gasteiger partial charge on any atom is -0.453 e. The van der Waals surface area contributed by atoms with Gasteiger partial charge in [0, 0.05) is 0 Å². The summed E-state index contributed by atoms with van der Waals surface area (Å²) in [6, 6.07) is 0. The van der Waals surface area contributed by atoms with Crippen molar-refractivity contribution in [1.82, 2.24) is 0 Å². The van der Waals surface area contributed by atoms with Crippen LogP contribution < -0.4 is 0 Å². The fourth-order valence-corrected chi connectivity index (χ4v) is 1.63. The molecule has 0 aromatic rings. The molecule has 15 heteroatoms. The van der Waals surface area contributed by atoms with E-state index in [1.54, 1.807) is 0 Å². The van der Waals surface area contributed by atoms with Gasteiger partial charge >= 0.3 is 30.2 Å². The molecule has 0 spiro atoms. The van der Waals surface area contributed by atoms with Crippen molar-refractivity contribution < 1.29 is 68.1 Å². The van der Waals surface area contributed by atoms with E-state index in [1.165, 1.54) is 20.8 Å². The average Bonchev–Trinajstić information content (AvgIpc) is 2.53. The Hall–Kier alpha value is -1.80. The molecule has 0 aliphatic rings. The Morgan fingerprint density at radius 2 is 1.41 bits per heavy atom. The van der Waals surface area contributed by atoms with Crippen molar-refractivity contribution in [2.75, 3.05) is 6.61 Å². The third-order valence-corrected chi connectivity index (χ3v) is 3.89. The number of ether oxygens (including phenoxy) is 2. The molecule has 0 heterocycles. The lowest BCUT2D eigenvalue weighted by Gasteiger charge is -2.40. The lowest BCUT2D eigenvalue weighted by Crippen LogP contribution is -2.70. The second-order valence-corrected chi connectivity index (χ2v) is 6.41. The summed E-state index contributed by atoms with van der Waals surface area (Å²) in [4.78, 5) is 22.9. The third-order valence-electron chi connectivity index (χ3n) is 3.89. The monoisotopic (exact) mass is 454 g/mol. The van der Waals surface area contributed by atoms with Crippen LogP contribution in [-0.4, -0.2) is 60.1 Å². The van der Waals surface area contributed by atoms with Crippen molar-refractivity contribution in [2.45, 2.75) is 63.6 Å². The Bertz CT molecular complexity index is 599. The predicted molar refractivity (Wildman–Crippen MR) is 72.9 cm³/mol. The second-order valence-electron chi connectivity index (χ2n) is 6.41. The molecule has 1 N–H and O–H groups in total. The van der Waals surface area contributed by atoms with Crippen molar-refractivity contribution in [3.8, 4) is 0 Å². The van der Waals surface area contributed by atoms with E-state index in [0.717, 1.165) is 0 Å². The lowest BCUT2D eigenvalue weighted by atomic mass is 9.90. The quantitative estimate of drug-likeness (QED) is 0.448. The van der Waals surface area contributed by atoms with E-state index in [4.69, 9.17) is 5.11 Å². The Morgan fingerprint density at radius 1 is 0.966 bits per heavy atom. The molecule has 172 valence electrons. The lowest BCUT2D eigenvalue weighted by molar-refractivity contribution is -0.401. The Kier molecular flexibility index (Phi) is 7.99. The minimum atomic E-state index is -6.95. The highest BCUT2D eigenvalue weighted by atomic mass is 19.4. The number of carbonyl (C=O) groups excluding carboxylic acids is 2. The number of carbonyl (C=O) groups is 2. The van der Waals surface area contributed by atoms with Crippen molar-refractivity contribution in [3.63, 3.8) is 0 Å². The maximum Gasteiger partial charge on any atom is 0.431 e. The number of halogens is 10. The van der Waals surface area contributed by atoms with Gasteiger partial charge in [0.25, 0.3) is 18.1 Å². The summed E-state index contributed by atoms with van der Waals surface area (Å²) in [5, 5.41) is 8.75. The topological polar surface area (TPSA) is 72.8 Å². The van der Waals surface area contributed by atoms with Crippen LogP contribution in [0.4, 0.5) is 43.9 Å². The van der Waals surface area contributed by atoms with Crippen molar-refractivity contribution >= 4 is 11.9 Å². The summed E-state index contributed by atoms with van der Waals surface area (Å²) in [7, 11) is 0. The molecular formula is C14H16F10O5. The first-order valence-electron chi connectivity index (χ1n) is 7.54. The van der Waals surface area contributed by atoms with E-state index in [1.807, 2.05) is 0 Å². The minimum absolute atomic E-state index is 0.108. The molecule has 2 unspecified atom stereocenters. The molecule has 5 nitrogen and oxygen atoms in total. The van der Waals surface area contributed by atoms with E-state index in [2.05, 4.69) is 9.47 Å². The molecule has 0 saturated heterocycles. The molecule has 0 amide bonds. The molecular weight excluding hydrogens is 438 g/mol. The van der Waals surface area contributed by atoms with Crippen LogP contribution in [0.25, 0.3) is 0 Å². The number of alkyl halides is 10. The summed E-state index contributed by atoms with van der Waals surface area (Å²) >= 11 is 0. The van der Waals surface area contributed by atoms with E-state index >= 15 is 0 Å². The molecule has 2 atom stereocenters. The largest absolute Gasteiger partial charge is 0.453 e. The molecule has 0 fully saturated rings. The highest BCUT2D eigenvalue weighted by Crippen LogP contribution is 2.51. The summed E-state index contributed by atoms with van der Waals surface area (Å²) < 4.78 is 136. The van der Waals surface area contributed by atoms with Gasteiger partial charge in [-0.3, -0.25) is 4.79 Å². The van der Waals surface area contributed by atoms with Gasteiger partial charge in [-0.15, -0.1) is 0 Å². The highest BCUT2D eigenvalue weighted by Gasteiger charge is 2.81. The maximum atomic E-state index is 13.8. The molecule has 29 heavy (non-hydrogen) atoms. The SMILES string of the molecule is CCC(C)(C)C(=O)OCC(=O)OC(C(F)(F)F)C(F)(F)C(O)(C(F)F)C(F)(F)F. The van der Waals surface area contributed by atoms with Gasteiger partial charge in [0.15, 0.2) is 6.61 Å². The number of hydrogen-bond donors (Lipinski definition) is 1. The zero-order valence-electron chi connectivity index (χ0n) is 14.9. The van der Waals surface area contributed by atoms with Gasteiger partial charge in [-0.05, 0) is 20.3 Å². The average molecular weight is 454 g/mol. The van der Waals surface area contributed by atoms with Gasteiger partial charge in [-0.2, -0.15) is 35.1 Å². The molecule has 0 aliphatic heterocycles. The first-order valence-corrected chi connectivity index (χ1v) is 7.54. The summed E-state index contributed by atoms with van der Waals surface area (Å²) in [5.74, 6) is -10.4. The van der Waals surface area contributed by atoms with Gasteiger partial charge < -0.3 is 14.6 Å². The molecule has 0 radical (unpaired) electrons. The van der Waals surface area contributed by atoms with Crippen LogP contribution in [0.2, 0.25) is 0 Å². The predicted octanol–water partition coefficient (Wildman–Crippen LogP) is 3.63. The van der Waals surface area contributed by atoms with E-state index in [0.29, 0.717) is 0 Å². The number of aliphatic hydroxyl groups is 1. The zero-order chi connectivity index (χ0) is 23.6. The second kappa shape index (κ2) is 8.52. The van der Waals surface area contributed by atoms with Crippen LogP contribution in [0.5, 0.6) is 0 Å². The highest BCUT2D eigenvalue weighted by molar-refractivity contribution is 5.79. The molecule has 0 aromatic heterocycles. The molecule has 0 saturated carbocycles. The van der Waals surface area contributed by atoms with Gasteiger partial charge in [-0.25, -0.2) is 13.6 Å². The maximum absolute atomic E-state index is 13.8. The normalized spacial score (nSPS) is 16.9. The third kappa shape index (κ3) is 5.63.